The Bertz CT molecular complexity index is 666. The predicted molar refractivity (Wildman–Crippen MR) is 66.3 cm³/mol. The van der Waals surface area contributed by atoms with E-state index in [0.29, 0.717) is 6.54 Å². The summed E-state index contributed by atoms with van der Waals surface area (Å²) in [6.07, 6.45) is 1.77. The highest BCUT2D eigenvalue weighted by Crippen LogP contribution is 2.30. The van der Waals surface area contributed by atoms with E-state index in [0.717, 1.165) is 27.9 Å². The zero-order valence-corrected chi connectivity index (χ0v) is 9.55. The third-order valence-electron chi connectivity index (χ3n) is 2.90. The third kappa shape index (κ3) is 1.54. The maximum atomic E-state index is 5.60. The van der Waals surface area contributed by atoms with Crippen molar-refractivity contribution >= 4 is 11.0 Å². The molecular weight excluding hydrogens is 214 g/mol. The largest absolute Gasteiger partial charge is 0.464 e. The van der Waals surface area contributed by atoms with Gasteiger partial charge in [0.25, 0.3) is 0 Å². The Morgan fingerprint density at radius 2 is 2.18 bits per heavy atom. The Labute approximate surface area is 98.6 Å². The molecule has 0 aliphatic heterocycles. The maximum absolute atomic E-state index is 5.60. The minimum absolute atomic E-state index is 0.448. The van der Waals surface area contributed by atoms with E-state index in [9.17, 15) is 0 Å². The first-order valence-corrected chi connectivity index (χ1v) is 5.49. The number of furan rings is 1. The molecular formula is C13H13N3O. The van der Waals surface area contributed by atoms with E-state index in [4.69, 9.17) is 10.2 Å². The van der Waals surface area contributed by atoms with Gasteiger partial charge in [0, 0.05) is 24.5 Å². The zero-order valence-electron chi connectivity index (χ0n) is 9.55. The van der Waals surface area contributed by atoms with Gasteiger partial charge in [-0.15, -0.1) is 0 Å². The first-order valence-electron chi connectivity index (χ1n) is 5.49. The molecule has 3 aromatic rings. The van der Waals surface area contributed by atoms with Crippen LogP contribution in [-0.4, -0.2) is 9.78 Å². The average Bonchev–Trinajstić information content (AvgIpc) is 2.92. The molecule has 0 spiro atoms. The van der Waals surface area contributed by atoms with E-state index < -0.39 is 0 Å². The van der Waals surface area contributed by atoms with Gasteiger partial charge in [-0.1, -0.05) is 18.2 Å². The Morgan fingerprint density at radius 1 is 1.35 bits per heavy atom. The lowest BCUT2D eigenvalue weighted by atomic mass is 10.1. The lowest BCUT2D eigenvalue weighted by molar-refractivity contribution is 0.616. The Balaban J connectivity index is 2.23. The molecule has 1 aromatic carbocycles. The number of fused-ring (bicyclic) bond motifs is 1. The fraction of sp³-hybridized carbons (Fsp3) is 0.154. The van der Waals surface area contributed by atoms with Gasteiger partial charge < -0.3 is 10.2 Å². The van der Waals surface area contributed by atoms with Crippen molar-refractivity contribution in [1.82, 2.24) is 9.78 Å². The summed E-state index contributed by atoms with van der Waals surface area (Å²) >= 11 is 0. The third-order valence-corrected chi connectivity index (χ3v) is 2.90. The molecule has 0 atom stereocenters. The van der Waals surface area contributed by atoms with Crippen molar-refractivity contribution in [2.45, 2.75) is 6.54 Å². The quantitative estimate of drug-likeness (QED) is 0.730. The zero-order chi connectivity index (χ0) is 11.8. The Morgan fingerprint density at radius 3 is 2.94 bits per heavy atom. The second-order valence-corrected chi connectivity index (χ2v) is 3.99. The molecule has 0 unspecified atom stereocenters. The van der Waals surface area contributed by atoms with Crippen molar-refractivity contribution in [3.63, 3.8) is 0 Å². The van der Waals surface area contributed by atoms with Crippen LogP contribution in [0.4, 0.5) is 0 Å². The van der Waals surface area contributed by atoms with Crippen LogP contribution in [-0.2, 0) is 13.6 Å². The van der Waals surface area contributed by atoms with Gasteiger partial charge in [-0.25, -0.2) is 0 Å². The highest BCUT2D eigenvalue weighted by Gasteiger charge is 2.12. The van der Waals surface area contributed by atoms with Gasteiger partial charge in [-0.3, -0.25) is 4.68 Å². The van der Waals surface area contributed by atoms with Gasteiger partial charge in [0.1, 0.15) is 11.8 Å². The summed E-state index contributed by atoms with van der Waals surface area (Å²) in [5.74, 6) is 0. The fourth-order valence-corrected chi connectivity index (χ4v) is 2.05. The van der Waals surface area contributed by atoms with Crippen molar-refractivity contribution < 1.29 is 4.42 Å². The molecule has 86 valence electrons. The molecule has 0 radical (unpaired) electrons. The summed E-state index contributed by atoms with van der Waals surface area (Å²) in [6, 6.07) is 9.96. The van der Waals surface area contributed by atoms with Crippen molar-refractivity contribution in [3.8, 4) is 11.3 Å². The normalized spacial score (nSPS) is 11.2. The summed E-state index contributed by atoms with van der Waals surface area (Å²) in [4.78, 5) is 0. The molecule has 0 bridgehead atoms. The second-order valence-electron chi connectivity index (χ2n) is 3.99. The lowest BCUT2D eigenvalue weighted by Gasteiger charge is -1.97. The predicted octanol–water partition coefficient (Wildman–Crippen LogP) is 2.29. The van der Waals surface area contributed by atoms with Crippen LogP contribution in [0.3, 0.4) is 0 Å². The molecule has 2 N–H and O–H groups in total. The molecule has 2 heterocycles. The molecule has 0 saturated carbocycles. The maximum Gasteiger partial charge on any atom is 0.134 e. The van der Waals surface area contributed by atoms with Crippen LogP contribution in [0.2, 0.25) is 0 Å². The van der Waals surface area contributed by atoms with Crippen molar-refractivity contribution in [2.75, 3.05) is 0 Å². The van der Waals surface area contributed by atoms with E-state index in [1.54, 1.807) is 6.26 Å². The van der Waals surface area contributed by atoms with Crippen molar-refractivity contribution in [1.29, 1.82) is 0 Å². The van der Waals surface area contributed by atoms with E-state index in [1.165, 1.54) is 0 Å². The average molecular weight is 227 g/mol. The number of hydrogen-bond donors (Lipinski definition) is 1. The van der Waals surface area contributed by atoms with Crippen LogP contribution in [0.5, 0.6) is 0 Å². The van der Waals surface area contributed by atoms with Crippen LogP contribution >= 0.6 is 0 Å². The van der Waals surface area contributed by atoms with Gasteiger partial charge in [0.2, 0.25) is 0 Å². The first-order chi connectivity index (χ1) is 8.29. The van der Waals surface area contributed by atoms with E-state index in [2.05, 4.69) is 5.10 Å². The Kier molecular flexibility index (Phi) is 2.23. The second kappa shape index (κ2) is 3.75. The molecule has 0 saturated heterocycles. The molecule has 4 heteroatoms. The van der Waals surface area contributed by atoms with E-state index in [1.807, 2.05) is 42.1 Å². The fourth-order valence-electron chi connectivity index (χ4n) is 2.05. The molecule has 0 fully saturated rings. The van der Waals surface area contributed by atoms with Gasteiger partial charge in [0.05, 0.1) is 11.4 Å². The highest BCUT2D eigenvalue weighted by atomic mass is 16.3. The number of hydrogen-bond acceptors (Lipinski definition) is 3. The van der Waals surface area contributed by atoms with E-state index >= 15 is 0 Å². The first kappa shape index (κ1) is 10.1. The van der Waals surface area contributed by atoms with Gasteiger partial charge in [-0.05, 0) is 12.1 Å². The van der Waals surface area contributed by atoms with Crippen LogP contribution in [0.15, 0.2) is 41.0 Å². The molecule has 2 aromatic heterocycles. The van der Waals surface area contributed by atoms with E-state index in [-0.39, 0.29) is 0 Å². The number of nitrogens with zero attached hydrogens (tertiary/aromatic N) is 2. The molecule has 0 aliphatic carbocycles. The summed E-state index contributed by atoms with van der Waals surface area (Å²) in [5.41, 5.74) is 9.44. The number of nitrogens with two attached hydrogens (primary N) is 1. The number of para-hydroxylation sites is 1. The van der Waals surface area contributed by atoms with Crippen molar-refractivity contribution in [3.05, 3.63) is 42.3 Å². The smallest absolute Gasteiger partial charge is 0.134 e. The topological polar surface area (TPSA) is 57.0 Å². The van der Waals surface area contributed by atoms with Crippen LogP contribution in [0.1, 0.15) is 5.69 Å². The SMILES string of the molecule is Cn1nc(CN)cc1-c1coc2ccccc12. The molecule has 4 nitrogen and oxygen atoms in total. The number of benzene rings is 1. The van der Waals surface area contributed by atoms with Crippen LogP contribution < -0.4 is 5.73 Å². The van der Waals surface area contributed by atoms with Gasteiger partial charge in [0.15, 0.2) is 0 Å². The standard InChI is InChI=1S/C13H13N3O/c1-16-12(6-9(7-14)15-16)11-8-17-13-5-3-2-4-10(11)13/h2-6,8H,7,14H2,1H3. The Hall–Kier alpha value is -2.07. The number of rotatable bonds is 2. The monoisotopic (exact) mass is 227 g/mol. The summed E-state index contributed by atoms with van der Waals surface area (Å²) < 4.78 is 7.36. The van der Waals surface area contributed by atoms with Gasteiger partial charge >= 0.3 is 0 Å². The molecule has 0 aliphatic rings. The molecule has 3 rings (SSSR count). The summed E-state index contributed by atoms with van der Waals surface area (Å²) in [5, 5.41) is 5.44. The van der Waals surface area contributed by atoms with Crippen LogP contribution in [0.25, 0.3) is 22.2 Å². The minimum atomic E-state index is 0.448. The summed E-state index contributed by atoms with van der Waals surface area (Å²) in [6.45, 7) is 0.448. The lowest BCUT2D eigenvalue weighted by Crippen LogP contribution is -1.98. The highest BCUT2D eigenvalue weighted by molar-refractivity contribution is 5.92. The van der Waals surface area contributed by atoms with Gasteiger partial charge in [-0.2, -0.15) is 5.10 Å². The van der Waals surface area contributed by atoms with Crippen molar-refractivity contribution in [2.24, 2.45) is 12.8 Å². The number of aryl methyl sites for hydroxylation is 1. The molecule has 0 amide bonds. The minimum Gasteiger partial charge on any atom is -0.464 e. The molecule has 17 heavy (non-hydrogen) atoms. The van der Waals surface area contributed by atoms with Crippen LogP contribution in [0, 0.1) is 0 Å². The number of aromatic nitrogens is 2. The summed E-state index contributed by atoms with van der Waals surface area (Å²) in [7, 11) is 1.91.